The van der Waals surface area contributed by atoms with Crippen molar-refractivity contribution in [2.45, 2.75) is 41.5 Å². The van der Waals surface area contributed by atoms with Gasteiger partial charge in [-0.1, -0.05) is 115 Å². The van der Waals surface area contributed by atoms with Gasteiger partial charge >= 0.3 is 0 Å². The second-order valence-corrected chi connectivity index (χ2v) is 13.6. The Labute approximate surface area is 295 Å². The standard InChI is InChI=1S/C48H40N2/c1-29-30(2)44-32(4)34(6)46(50-48(44)47-43(29)31(3)33(5)45(49-47)38-20-14-9-15-21-38)39-24-22-37(23-25-39)42-27-40(35-16-10-7-11-17-35)26-41(28-42)36-18-12-8-13-19-36/h7-28H,1-6H3. The average molecular weight is 645 g/mol. The number of nitrogens with zero attached hydrogens (tertiary/aromatic N) is 2. The lowest BCUT2D eigenvalue weighted by molar-refractivity contribution is 1.23. The number of pyridine rings is 2. The van der Waals surface area contributed by atoms with Crippen LogP contribution < -0.4 is 0 Å². The lowest BCUT2D eigenvalue weighted by atomic mass is 9.88. The van der Waals surface area contributed by atoms with Crippen LogP contribution in [0, 0.1) is 41.5 Å². The molecule has 2 aromatic heterocycles. The van der Waals surface area contributed by atoms with E-state index in [1.165, 1.54) is 77.5 Å². The van der Waals surface area contributed by atoms with E-state index in [2.05, 4.69) is 175 Å². The van der Waals surface area contributed by atoms with Gasteiger partial charge in [-0.15, -0.1) is 0 Å². The molecule has 0 amide bonds. The number of hydrogen-bond acceptors (Lipinski definition) is 2. The van der Waals surface area contributed by atoms with E-state index < -0.39 is 0 Å². The molecule has 50 heavy (non-hydrogen) atoms. The van der Waals surface area contributed by atoms with Crippen molar-refractivity contribution in [1.82, 2.24) is 9.97 Å². The largest absolute Gasteiger partial charge is 0.245 e. The van der Waals surface area contributed by atoms with Crippen LogP contribution in [0.25, 0.3) is 77.7 Å². The molecule has 0 saturated carbocycles. The third kappa shape index (κ3) is 5.29. The maximum absolute atomic E-state index is 5.49. The van der Waals surface area contributed by atoms with Gasteiger partial charge in [-0.3, -0.25) is 0 Å². The zero-order valence-electron chi connectivity index (χ0n) is 29.6. The maximum atomic E-state index is 5.49. The molecule has 8 aromatic rings. The van der Waals surface area contributed by atoms with E-state index in [1.54, 1.807) is 0 Å². The molecule has 0 radical (unpaired) electrons. The number of benzene rings is 6. The minimum atomic E-state index is 0.980. The van der Waals surface area contributed by atoms with E-state index in [1.807, 2.05) is 0 Å². The number of hydrogen-bond donors (Lipinski definition) is 0. The van der Waals surface area contributed by atoms with Gasteiger partial charge in [0.2, 0.25) is 0 Å². The highest BCUT2D eigenvalue weighted by molar-refractivity contribution is 6.10. The average Bonchev–Trinajstić information content (AvgIpc) is 3.17. The van der Waals surface area contributed by atoms with E-state index in [9.17, 15) is 0 Å². The van der Waals surface area contributed by atoms with Crippen molar-refractivity contribution >= 4 is 21.8 Å². The van der Waals surface area contributed by atoms with Crippen LogP contribution in [-0.2, 0) is 0 Å². The Morgan fingerprint density at radius 3 is 0.940 bits per heavy atom. The summed E-state index contributed by atoms with van der Waals surface area (Å²) >= 11 is 0. The third-order valence-electron chi connectivity index (χ3n) is 10.7. The van der Waals surface area contributed by atoms with Crippen LogP contribution in [0.2, 0.25) is 0 Å². The van der Waals surface area contributed by atoms with Gasteiger partial charge in [0.1, 0.15) is 0 Å². The molecule has 0 spiro atoms. The molecule has 6 aromatic carbocycles. The first-order chi connectivity index (χ1) is 24.3. The first kappa shape index (κ1) is 31.4. The lowest BCUT2D eigenvalue weighted by Gasteiger charge is -2.20. The van der Waals surface area contributed by atoms with Gasteiger partial charge in [-0.25, -0.2) is 9.97 Å². The smallest absolute Gasteiger partial charge is 0.0978 e. The quantitative estimate of drug-likeness (QED) is 0.174. The lowest BCUT2D eigenvalue weighted by Crippen LogP contribution is -2.03. The first-order valence-electron chi connectivity index (χ1n) is 17.4. The number of rotatable bonds is 5. The van der Waals surface area contributed by atoms with Gasteiger partial charge in [0.25, 0.3) is 0 Å². The van der Waals surface area contributed by atoms with Crippen molar-refractivity contribution in [3.8, 4) is 55.9 Å². The Bertz CT molecular complexity index is 2490. The van der Waals surface area contributed by atoms with Crippen LogP contribution in [0.3, 0.4) is 0 Å². The summed E-state index contributed by atoms with van der Waals surface area (Å²) in [7, 11) is 0. The predicted octanol–water partition coefficient (Wildman–Crippen LogP) is 13.0. The molecule has 0 unspecified atom stereocenters. The third-order valence-corrected chi connectivity index (χ3v) is 10.7. The topological polar surface area (TPSA) is 25.8 Å². The summed E-state index contributed by atoms with van der Waals surface area (Å²) < 4.78 is 0. The van der Waals surface area contributed by atoms with Gasteiger partial charge in [-0.2, -0.15) is 0 Å². The van der Waals surface area contributed by atoms with Crippen molar-refractivity contribution < 1.29 is 0 Å². The van der Waals surface area contributed by atoms with Crippen molar-refractivity contribution in [3.63, 3.8) is 0 Å². The summed E-state index contributed by atoms with van der Waals surface area (Å²) in [5.41, 5.74) is 21.0. The number of aryl methyl sites for hydroxylation is 4. The van der Waals surface area contributed by atoms with Crippen molar-refractivity contribution in [3.05, 3.63) is 167 Å². The number of aromatic nitrogens is 2. The first-order valence-corrected chi connectivity index (χ1v) is 17.4. The molecule has 8 rings (SSSR count). The Kier molecular flexibility index (Phi) is 7.88. The normalized spacial score (nSPS) is 11.4. The van der Waals surface area contributed by atoms with Crippen LogP contribution in [0.4, 0.5) is 0 Å². The van der Waals surface area contributed by atoms with Crippen LogP contribution >= 0.6 is 0 Å². The molecule has 2 heterocycles. The summed E-state index contributed by atoms with van der Waals surface area (Å²) in [6, 6.07) is 47.7. The van der Waals surface area contributed by atoms with Gasteiger partial charge in [0.05, 0.1) is 22.4 Å². The van der Waals surface area contributed by atoms with Crippen molar-refractivity contribution in [2.75, 3.05) is 0 Å². The summed E-state index contributed by atoms with van der Waals surface area (Å²) in [4.78, 5) is 10.9. The molecule has 0 aliphatic rings. The summed E-state index contributed by atoms with van der Waals surface area (Å²) in [5.74, 6) is 0. The Hall–Kier alpha value is -5.86. The molecule has 0 aliphatic carbocycles. The maximum Gasteiger partial charge on any atom is 0.0978 e. The van der Waals surface area contributed by atoms with Gasteiger partial charge in [0.15, 0.2) is 0 Å². The Morgan fingerprint density at radius 1 is 0.280 bits per heavy atom. The predicted molar refractivity (Wildman–Crippen MR) is 213 cm³/mol. The van der Waals surface area contributed by atoms with E-state index in [-0.39, 0.29) is 0 Å². The Balaban J connectivity index is 1.29. The van der Waals surface area contributed by atoms with Crippen LogP contribution in [0.5, 0.6) is 0 Å². The molecule has 0 aliphatic heterocycles. The van der Waals surface area contributed by atoms with Crippen molar-refractivity contribution in [2.24, 2.45) is 0 Å². The molecule has 2 nitrogen and oxygen atoms in total. The van der Waals surface area contributed by atoms with E-state index in [4.69, 9.17) is 9.97 Å². The highest BCUT2D eigenvalue weighted by atomic mass is 14.8. The minimum absolute atomic E-state index is 0.980. The van der Waals surface area contributed by atoms with E-state index in [0.717, 1.165) is 33.5 Å². The highest BCUT2D eigenvalue weighted by Gasteiger charge is 2.21. The summed E-state index contributed by atoms with van der Waals surface area (Å²) in [5, 5.41) is 2.44. The number of fused-ring (bicyclic) bond motifs is 3. The minimum Gasteiger partial charge on any atom is -0.245 e. The molecule has 0 bridgehead atoms. The molecule has 242 valence electrons. The molecule has 0 saturated heterocycles. The van der Waals surface area contributed by atoms with Gasteiger partial charge < -0.3 is 0 Å². The molecule has 0 fully saturated rings. The molecule has 0 N–H and O–H groups in total. The summed E-state index contributed by atoms with van der Waals surface area (Å²) in [6.45, 7) is 13.4. The zero-order valence-corrected chi connectivity index (χ0v) is 29.6. The van der Waals surface area contributed by atoms with Crippen LogP contribution in [0.1, 0.15) is 33.4 Å². The monoisotopic (exact) mass is 644 g/mol. The fourth-order valence-electron chi connectivity index (χ4n) is 7.59. The van der Waals surface area contributed by atoms with Gasteiger partial charge in [-0.05, 0) is 127 Å². The Morgan fingerprint density at radius 2 is 0.560 bits per heavy atom. The molecular formula is C48H40N2. The molecule has 0 atom stereocenters. The van der Waals surface area contributed by atoms with Crippen molar-refractivity contribution in [1.29, 1.82) is 0 Å². The molecule has 2 heteroatoms. The van der Waals surface area contributed by atoms with Crippen LogP contribution in [0.15, 0.2) is 133 Å². The van der Waals surface area contributed by atoms with E-state index >= 15 is 0 Å². The molecular weight excluding hydrogens is 605 g/mol. The van der Waals surface area contributed by atoms with Gasteiger partial charge in [0, 0.05) is 21.9 Å². The second-order valence-electron chi connectivity index (χ2n) is 13.6. The summed E-state index contributed by atoms with van der Waals surface area (Å²) in [6.07, 6.45) is 0. The second kappa shape index (κ2) is 12.5. The SMILES string of the molecule is Cc1c(-c2ccccc2)nc2c(c1C)c(C)c(C)c1c(C)c(C)c(-c3ccc(-c4cc(-c5ccccc5)cc(-c5ccccc5)c4)cc3)nc12. The fraction of sp³-hybridized carbons (Fsp3) is 0.125. The zero-order chi connectivity index (χ0) is 34.5. The van der Waals surface area contributed by atoms with E-state index in [0.29, 0.717) is 0 Å². The van der Waals surface area contributed by atoms with Crippen LogP contribution in [-0.4, -0.2) is 9.97 Å². The fourth-order valence-corrected chi connectivity index (χ4v) is 7.59. The highest BCUT2D eigenvalue weighted by Crippen LogP contribution is 2.41.